The van der Waals surface area contributed by atoms with Crippen LogP contribution in [0.3, 0.4) is 0 Å². The molecule has 0 nitrogen and oxygen atoms in total. The first-order valence-electron chi connectivity index (χ1n) is 10.5. The molecule has 0 aromatic heterocycles. The number of hydrogen-bond donors (Lipinski definition) is 0. The summed E-state index contributed by atoms with van der Waals surface area (Å²) in [5, 5.41) is 0. The van der Waals surface area contributed by atoms with Crippen LogP contribution in [0, 0.1) is 23.7 Å². The van der Waals surface area contributed by atoms with E-state index in [1.54, 1.807) is 0 Å². The van der Waals surface area contributed by atoms with E-state index in [2.05, 4.69) is 41.5 Å². The molecule has 0 aromatic rings. The average Bonchev–Trinajstić information content (AvgIpc) is 2.43. The van der Waals surface area contributed by atoms with Gasteiger partial charge in [-0.2, -0.15) is 0 Å². The van der Waals surface area contributed by atoms with E-state index in [0.29, 0.717) is 0 Å². The average molecular weight is 311 g/mol. The number of hydrogen-bond acceptors (Lipinski definition) is 0. The molecule has 0 spiro atoms. The highest BCUT2D eigenvalue weighted by Gasteiger charge is 2.07. The van der Waals surface area contributed by atoms with Gasteiger partial charge in [0.2, 0.25) is 0 Å². The monoisotopic (exact) mass is 310 g/mol. The molecular formula is C22H46. The second kappa shape index (κ2) is 14.6. The van der Waals surface area contributed by atoms with Crippen LogP contribution >= 0.6 is 0 Å². The fraction of sp³-hybridized carbons (Fsp3) is 1.00. The van der Waals surface area contributed by atoms with Crippen molar-refractivity contribution in [3.63, 3.8) is 0 Å². The van der Waals surface area contributed by atoms with Gasteiger partial charge in [-0.25, -0.2) is 0 Å². The van der Waals surface area contributed by atoms with Gasteiger partial charge in [0.1, 0.15) is 0 Å². The minimum absolute atomic E-state index is 0.882. The van der Waals surface area contributed by atoms with Crippen molar-refractivity contribution in [2.24, 2.45) is 23.7 Å². The van der Waals surface area contributed by atoms with Gasteiger partial charge in [-0.05, 0) is 23.7 Å². The van der Waals surface area contributed by atoms with Crippen molar-refractivity contribution >= 4 is 0 Å². The third kappa shape index (κ3) is 14.9. The topological polar surface area (TPSA) is 0 Å². The van der Waals surface area contributed by atoms with Crippen molar-refractivity contribution in [2.45, 2.75) is 119 Å². The minimum atomic E-state index is 0.882. The quantitative estimate of drug-likeness (QED) is 0.267. The second-order valence-corrected chi connectivity index (χ2v) is 8.64. The van der Waals surface area contributed by atoms with Gasteiger partial charge in [0.25, 0.3) is 0 Å². The Labute approximate surface area is 142 Å². The van der Waals surface area contributed by atoms with Gasteiger partial charge in [0.05, 0.1) is 0 Å². The van der Waals surface area contributed by atoms with E-state index in [9.17, 15) is 0 Å². The Morgan fingerprint density at radius 3 is 1.23 bits per heavy atom. The normalized spacial score (nSPS) is 16.0. The summed E-state index contributed by atoms with van der Waals surface area (Å²) in [5.74, 6) is 3.73. The fourth-order valence-electron chi connectivity index (χ4n) is 3.60. The van der Waals surface area contributed by atoms with Crippen LogP contribution in [0.2, 0.25) is 0 Å². The zero-order valence-corrected chi connectivity index (χ0v) is 16.8. The lowest BCUT2D eigenvalue weighted by atomic mass is 9.91. The van der Waals surface area contributed by atoms with Gasteiger partial charge >= 0.3 is 0 Å². The Bertz CT molecular complexity index is 218. The molecule has 3 unspecified atom stereocenters. The third-order valence-corrected chi connectivity index (χ3v) is 5.30. The molecule has 0 saturated carbocycles. The van der Waals surface area contributed by atoms with Crippen molar-refractivity contribution in [2.75, 3.05) is 0 Å². The highest BCUT2D eigenvalue weighted by molar-refractivity contribution is 4.60. The Morgan fingerprint density at radius 2 is 0.818 bits per heavy atom. The Hall–Kier alpha value is 0. The zero-order chi connectivity index (χ0) is 16.8. The Kier molecular flexibility index (Phi) is 14.6. The lowest BCUT2D eigenvalue weighted by Gasteiger charge is -2.15. The summed E-state index contributed by atoms with van der Waals surface area (Å²) in [4.78, 5) is 0. The maximum absolute atomic E-state index is 2.47. The molecule has 0 radical (unpaired) electrons. The molecule has 0 saturated heterocycles. The molecule has 0 aliphatic rings. The molecule has 0 N–H and O–H groups in total. The molecule has 0 heterocycles. The molecule has 3 atom stereocenters. The van der Waals surface area contributed by atoms with Gasteiger partial charge in [-0.15, -0.1) is 0 Å². The zero-order valence-electron chi connectivity index (χ0n) is 16.8. The van der Waals surface area contributed by atoms with Gasteiger partial charge in [-0.1, -0.05) is 119 Å². The summed E-state index contributed by atoms with van der Waals surface area (Å²) in [5.41, 5.74) is 0. The molecule has 0 heteroatoms. The van der Waals surface area contributed by atoms with E-state index < -0.39 is 0 Å². The minimum Gasteiger partial charge on any atom is -0.0654 e. The molecule has 0 rings (SSSR count). The van der Waals surface area contributed by atoms with Crippen LogP contribution in [-0.2, 0) is 0 Å². The lowest BCUT2D eigenvalue weighted by Crippen LogP contribution is -2.00. The van der Waals surface area contributed by atoms with E-state index >= 15 is 0 Å². The molecule has 0 fully saturated rings. The van der Waals surface area contributed by atoms with Crippen LogP contribution in [0.15, 0.2) is 0 Å². The second-order valence-electron chi connectivity index (χ2n) is 8.64. The maximum Gasteiger partial charge on any atom is -0.0443 e. The summed E-state index contributed by atoms with van der Waals surface area (Å²) in [6.07, 6.45) is 17.3. The summed E-state index contributed by atoms with van der Waals surface area (Å²) in [7, 11) is 0. The molecule has 0 aliphatic heterocycles. The summed E-state index contributed by atoms with van der Waals surface area (Å²) >= 11 is 0. The van der Waals surface area contributed by atoms with Crippen LogP contribution in [0.4, 0.5) is 0 Å². The third-order valence-electron chi connectivity index (χ3n) is 5.30. The molecule has 0 bridgehead atoms. The highest BCUT2D eigenvalue weighted by Crippen LogP contribution is 2.22. The van der Waals surface area contributed by atoms with Crippen molar-refractivity contribution in [3.8, 4) is 0 Å². The van der Waals surface area contributed by atoms with Crippen LogP contribution in [0.1, 0.15) is 119 Å². The largest absolute Gasteiger partial charge is 0.0654 e. The number of rotatable bonds is 15. The van der Waals surface area contributed by atoms with Crippen molar-refractivity contribution in [1.82, 2.24) is 0 Å². The van der Waals surface area contributed by atoms with Gasteiger partial charge in [0.15, 0.2) is 0 Å². The van der Waals surface area contributed by atoms with Crippen LogP contribution in [0.25, 0.3) is 0 Å². The molecule has 0 amide bonds. The van der Waals surface area contributed by atoms with E-state index in [-0.39, 0.29) is 0 Å². The van der Waals surface area contributed by atoms with Crippen molar-refractivity contribution in [3.05, 3.63) is 0 Å². The predicted octanol–water partition coefficient (Wildman–Crippen LogP) is 8.25. The molecule has 134 valence electrons. The van der Waals surface area contributed by atoms with E-state index in [4.69, 9.17) is 0 Å². The van der Waals surface area contributed by atoms with Gasteiger partial charge in [-0.3, -0.25) is 0 Å². The lowest BCUT2D eigenvalue weighted by molar-refractivity contribution is 0.379. The molecule has 0 aliphatic carbocycles. The first-order valence-corrected chi connectivity index (χ1v) is 10.5. The standard InChI is InChI=1S/C22H46/c1-7-12-20(4)14-8-9-15-21(5)17-11-18-22(6)16-10-13-19(2)3/h19-22H,7-18H2,1-6H3. The van der Waals surface area contributed by atoms with Crippen LogP contribution < -0.4 is 0 Å². The maximum atomic E-state index is 2.47. The first kappa shape index (κ1) is 22.0. The van der Waals surface area contributed by atoms with Crippen molar-refractivity contribution < 1.29 is 0 Å². The molecule has 22 heavy (non-hydrogen) atoms. The molecular weight excluding hydrogens is 264 g/mol. The highest BCUT2D eigenvalue weighted by atomic mass is 14.1. The van der Waals surface area contributed by atoms with Crippen LogP contribution in [0.5, 0.6) is 0 Å². The molecule has 0 aromatic carbocycles. The van der Waals surface area contributed by atoms with E-state index in [1.807, 2.05) is 0 Å². The Morgan fingerprint density at radius 1 is 0.455 bits per heavy atom. The summed E-state index contributed by atoms with van der Waals surface area (Å²) < 4.78 is 0. The van der Waals surface area contributed by atoms with Gasteiger partial charge < -0.3 is 0 Å². The van der Waals surface area contributed by atoms with Crippen LogP contribution in [-0.4, -0.2) is 0 Å². The van der Waals surface area contributed by atoms with E-state index in [1.165, 1.54) is 77.0 Å². The first-order chi connectivity index (χ1) is 10.5. The SMILES string of the molecule is CCCC(C)CCCCC(C)CCCC(C)CCCC(C)C. The fourth-order valence-corrected chi connectivity index (χ4v) is 3.60. The smallest absolute Gasteiger partial charge is 0.0443 e. The number of unbranched alkanes of at least 4 members (excludes halogenated alkanes) is 1. The Balaban J connectivity index is 3.43. The van der Waals surface area contributed by atoms with Crippen molar-refractivity contribution in [1.29, 1.82) is 0 Å². The van der Waals surface area contributed by atoms with Gasteiger partial charge in [0, 0.05) is 0 Å². The predicted molar refractivity (Wildman–Crippen MR) is 103 cm³/mol. The van der Waals surface area contributed by atoms with E-state index in [0.717, 1.165) is 23.7 Å². The summed E-state index contributed by atoms with van der Waals surface area (Å²) in [6.45, 7) is 14.3. The summed E-state index contributed by atoms with van der Waals surface area (Å²) in [6, 6.07) is 0.